The van der Waals surface area contributed by atoms with E-state index in [9.17, 15) is 13.6 Å². The first-order valence-electron chi connectivity index (χ1n) is 5.03. The molecule has 0 saturated carbocycles. The number of alkyl halides is 2. The Morgan fingerprint density at radius 2 is 2.00 bits per heavy atom. The molecule has 18 heavy (non-hydrogen) atoms. The Balaban J connectivity index is 2.78. The molecule has 1 rings (SSSR count). The Hall–Kier alpha value is -2.24. The van der Waals surface area contributed by atoms with E-state index in [0.29, 0.717) is 17.7 Å². The average molecular weight is 254 g/mol. The summed E-state index contributed by atoms with van der Waals surface area (Å²) >= 11 is 0. The lowest BCUT2D eigenvalue weighted by atomic mass is 10.2. The zero-order valence-corrected chi connectivity index (χ0v) is 9.64. The van der Waals surface area contributed by atoms with Crippen molar-refractivity contribution in [2.75, 3.05) is 0 Å². The van der Waals surface area contributed by atoms with Crippen LogP contribution in [0.5, 0.6) is 5.75 Å². The van der Waals surface area contributed by atoms with E-state index in [4.69, 9.17) is 5.73 Å². The molecule has 4 nitrogen and oxygen atoms in total. The van der Waals surface area contributed by atoms with Gasteiger partial charge in [-0.3, -0.25) is 9.79 Å². The second-order valence-corrected chi connectivity index (χ2v) is 3.39. The molecule has 0 fully saturated rings. The lowest BCUT2D eigenvalue weighted by Crippen LogP contribution is -2.01. The summed E-state index contributed by atoms with van der Waals surface area (Å²) in [5, 5.41) is 0. The molecule has 0 atom stereocenters. The number of carbonyl (C=O) groups is 1. The number of halogens is 2. The maximum atomic E-state index is 11.9. The first-order chi connectivity index (χ1) is 8.52. The highest BCUT2D eigenvalue weighted by molar-refractivity contribution is 6.03. The number of ether oxygens (including phenoxy) is 1. The van der Waals surface area contributed by atoms with Crippen molar-refractivity contribution >= 4 is 18.2 Å². The third-order valence-corrected chi connectivity index (χ3v) is 2.00. The molecule has 0 unspecified atom stereocenters. The van der Waals surface area contributed by atoms with Crippen LogP contribution in [0.1, 0.15) is 6.92 Å². The third kappa shape index (κ3) is 4.32. The molecule has 1 aromatic carbocycles. The van der Waals surface area contributed by atoms with E-state index in [1.165, 1.54) is 30.5 Å². The topological polar surface area (TPSA) is 64.7 Å². The Kier molecular flexibility index (Phi) is 4.98. The van der Waals surface area contributed by atoms with Crippen LogP contribution in [0.4, 0.5) is 14.5 Å². The van der Waals surface area contributed by atoms with Gasteiger partial charge in [0.25, 0.3) is 0 Å². The van der Waals surface area contributed by atoms with Gasteiger partial charge in [0, 0.05) is 11.9 Å². The number of allylic oxidation sites excluding steroid dienone is 2. The lowest BCUT2D eigenvalue weighted by molar-refractivity contribution is -0.104. The van der Waals surface area contributed by atoms with Crippen LogP contribution in [-0.2, 0) is 4.79 Å². The summed E-state index contributed by atoms with van der Waals surface area (Å²) in [5.41, 5.74) is 6.56. The second-order valence-electron chi connectivity index (χ2n) is 3.39. The fourth-order valence-electron chi connectivity index (χ4n) is 1.08. The van der Waals surface area contributed by atoms with Crippen molar-refractivity contribution in [3.63, 3.8) is 0 Å². The van der Waals surface area contributed by atoms with Gasteiger partial charge in [-0.1, -0.05) is 0 Å². The van der Waals surface area contributed by atoms with Crippen LogP contribution in [0.3, 0.4) is 0 Å². The molecule has 1 aromatic rings. The van der Waals surface area contributed by atoms with Gasteiger partial charge in [0.15, 0.2) is 6.29 Å². The minimum atomic E-state index is -2.86. The third-order valence-electron chi connectivity index (χ3n) is 2.00. The molecule has 0 spiro atoms. The number of rotatable bonds is 5. The molecular formula is C12H12F2N2O2. The lowest BCUT2D eigenvalue weighted by Gasteiger charge is -2.03. The van der Waals surface area contributed by atoms with Crippen molar-refractivity contribution in [1.82, 2.24) is 0 Å². The SMILES string of the molecule is C/C(N)=C(\C=O)C=Nc1ccc(OC(F)F)cc1. The molecule has 0 aromatic heterocycles. The van der Waals surface area contributed by atoms with Gasteiger partial charge in [0.1, 0.15) is 5.75 Å². The molecule has 0 aliphatic heterocycles. The van der Waals surface area contributed by atoms with Gasteiger partial charge in [0.2, 0.25) is 0 Å². The van der Waals surface area contributed by atoms with Gasteiger partial charge in [-0.15, -0.1) is 0 Å². The zero-order valence-electron chi connectivity index (χ0n) is 9.64. The van der Waals surface area contributed by atoms with Crippen LogP contribution in [0, 0.1) is 0 Å². The Bertz CT molecular complexity index is 463. The van der Waals surface area contributed by atoms with Gasteiger partial charge >= 0.3 is 6.61 Å². The first-order valence-corrected chi connectivity index (χ1v) is 5.03. The predicted molar refractivity (Wildman–Crippen MR) is 64.2 cm³/mol. The fraction of sp³-hybridized carbons (Fsp3) is 0.167. The van der Waals surface area contributed by atoms with E-state index in [0.717, 1.165) is 0 Å². The van der Waals surface area contributed by atoms with Crippen LogP contribution < -0.4 is 10.5 Å². The van der Waals surface area contributed by atoms with Crippen molar-refractivity contribution in [3.8, 4) is 5.75 Å². The molecule has 96 valence electrons. The maximum absolute atomic E-state index is 11.9. The number of aliphatic imine (C=N–C) groups is 1. The Morgan fingerprint density at radius 1 is 1.39 bits per heavy atom. The normalized spacial score (nSPS) is 12.7. The van der Waals surface area contributed by atoms with Crippen molar-refractivity contribution in [1.29, 1.82) is 0 Å². The minimum absolute atomic E-state index is 0.0464. The van der Waals surface area contributed by atoms with Crippen LogP contribution in [0.2, 0.25) is 0 Å². The van der Waals surface area contributed by atoms with Gasteiger partial charge in [0.05, 0.1) is 11.3 Å². The van der Waals surface area contributed by atoms with E-state index in [1.54, 1.807) is 6.92 Å². The van der Waals surface area contributed by atoms with E-state index < -0.39 is 6.61 Å². The molecule has 0 aliphatic rings. The van der Waals surface area contributed by atoms with Crippen molar-refractivity contribution in [2.45, 2.75) is 13.5 Å². The van der Waals surface area contributed by atoms with Gasteiger partial charge in [-0.2, -0.15) is 8.78 Å². The zero-order chi connectivity index (χ0) is 13.5. The number of hydrogen-bond acceptors (Lipinski definition) is 4. The fourth-order valence-corrected chi connectivity index (χ4v) is 1.08. The summed E-state index contributed by atoms with van der Waals surface area (Å²) in [7, 11) is 0. The molecule has 0 aliphatic carbocycles. The highest BCUT2D eigenvalue weighted by Gasteiger charge is 2.03. The Morgan fingerprint density at radius 3 is 2.44 bits per heavy atom. The minimum Gasteiger partial charge on any atom is -0.435 e. The summed E-state index contributed by atoms with van der Waals surface area (Å²) in [4.78, 5) is 14.6. The number of aldehydes is 1. The van der Waals surface area contributed by atoms with E-state index in [2.05, 4.69) is 9.73 Å². The highest BCUT2D eigenvalue weighted by atomic mass is 19.3. The number of nitrogens with zero attached hydrogens (tertiary/aromatic N) is 1. The summed E-state index contributed by atoms with van der Waals surface area (Å²) in [6.45, 7) is -1.28. The smallest absolute Gasteiger partial charge is 0.387 e. The van der Waals surface area contributed by atoms with E-state index in [1.807, 2.05) is 0 Å². The predicted octanol–water partition coefficient (Wildman–Crippen LogP) is 2.42. The largest absolute Gasteiger partial charge is 0.435 e. The Labute approximate surface area is 103 Å². The van der Waals surface area contributed by atoms with Gasteiger partial charge in [-0.25, -0.2) is 0 Å². The first kappa shape index (κ1) is 13.8. The van der Waals surface area contributed by atoms with Crippen LogP contribution in [-0.4, -0.2) is 19.1 Å². The molecule has 0 saturated heterocycles. The van der Waals surface area contributed by atoms with E-state index in [-0.39, 0.29) is 11.3 Å². The van der Waals surface area contributed by atoms with Crippen molar-refractivity contribution < 1.29 is 18.3 Å². The summed E-state index contributed by atoms with van der Waals surface area (Å²) in [5.74, 6) is 0.0464. The van der Waals surface area contributed by atoms with Crippen molar-refractivity contribution in [2.24, 2.45) is 10.7 Å². The van der Waals surface area contributed by atoms with Gasteiger partial charge < -0.3 is 10.5 Å². The maximum Gasteiger partial charge on any atom is 0.387 e. The summed E-state index contributed by atoms with van der Waals surface area (Å²) in [6.07, 6.45) is 1.90. The second kappa shape index (κ2) is 6.48. The quantitative estimate of drug-likeness (QED) is 0.498. The molecule has 0 heterocycles. The molecule has 0 amide bonds. The summed E-state index contributed by atoms with van der Waals surface area (Å²) < 4.78 is 28.0. The van der Waals surface area contributed by atoms with Crippen LogP contribution in [0.15, 0.2) is 40.5 Å². The number of nitrogens with two attached hydrogens (primary N) is 1. The number of benzene rings is 1. The van der Waals surface area contributed by atoms with Gasteiger partial charge in [-0.05, 0) is 31.2 Å². The molecule has 2 N–H and O–H groups in total. The molecular weight excluding hydrogens is 242 g/mol. The monoisotopic (exact) mass is 254 g/mol. The number of hydrogen-bond donors (Lipinski definition) is 1. The van der Waals surface area contributed by atoms with Crippen LogP contribution in [0.25, 0.3) is 0 Å². The molecule has 0 bridgehead atoms. The highest BCUT2D eigenvalue weighted by Crippen LogP contribution is 2.19. The molecule has 0 radical (unpaired) electrons. The van der Waals surface area contributed by atoms with E-state index >= 15 is 0 Å². The molecule has 6 heteroatoms. The number of carbonyl (C=O) groups excluding carboxylic acids is 1. The standard InChI is InChI=1S/C12H12F2N2O2/c1-8(15)9(7-17)6-16-10-2-4-11(5-3-10)18-12(13)14/h2-7,12H,15H2,1H3/b9-8+,16-6?. The average Bonchev–Trinajstić information content (AvgIpc) is 2.31. The van der Waals surface area contributed by atoms with Crippen molar-refractivity contribution in [3.05, 3.63) is 35.5 Å². The summed E-state index contributed by atoms with van der Waals surface area (Å²) in [6, 6.07) is 5.70. The van der Waals surface area contributed by atoms with Crippen LogP contribution >= 0.6 is 0 Å².